The summed E-state index contributed by atoms with van der Waals surface area (Å²) in [6, 6.07) is 12.3. The topological polar surface area (TPSA) is 78.5 Å². The highest BCUT2D eigenvalue weighted by Gasteiger charge is 2.46. The van der Waals surface area contributed by atoms with Gasteiger partial charge in [-0.1, -0.05) is 36.4 Å². The van der Waals surface area contributed by atoms with Gasteiger partial charge in [0, 0.05) is 24.6 Å². The first-order valence-electron chi connectivity index (χ1n) is 9.64. The summed E-state index contributed by atoms with van der Waals surface area (Å²) in [5.41, 5.74) is 1.65. The molecule has 7 heteroatoms. The molecule has 0 saturated carbocycles. The Hall–Kier alpha value is -3.22. The highest BCUT2D eigenvalue weighted by Crippen LogP contribution is 2.24. The fraction of sp³-hybridized carbons (Fsp3) is 0.318. The summed E-state index contributed by atoms with van der Waals surface area (Å²) in [5.74, 6) is -1.21. The molecule has 2 aromatic rings. The SMILES string of the molecule is Cc1ccc(C(=O)N[C@H]2C[C@H]3C(=O)N[C@@H](Cc4ccccc4)C(=O)N3C2)cc1F. The summed E-state index contributed by atoms with van der Waals surface area (Å²) >= 11 is 0. The molecule has 0 radical (unpaired) electrons. The summed E-state index contributed by atoms with van der Waals surface area (Å²) in [6.07, 6.45) is 0.768. The molecular formula is C22H22FN3O3. The van der Waals surface area contributed by atoms with E-state index in [4.69, 9.17) is 0 Å². The molecule has 2 heterocycles. The molecule has 2 saturated heterocycles. The van der Waals surface area contributed by atoms with Crippen LogP contribution in [0.3, 0.4) is 0 Å². The Balaban J connectivity index is 1.43. The second-order valence-corrected chi connectivity index (χ2v) is 7.63. The van der Waals surface area contributed by atoms with Gasteiger partial charge in [-0.3, -0.25) is 14.4 Å². The van der Waals surface area contributed by atoms with E-state index in [2.05, 4.69) is 10.6 Å². The largest absolute Gasteiger partial charge is 0.347 e. The van der Waals surface area contributed by atoms with Gasteiger partial charge in [-0.25, -0.2) is 4.39 Å². The Morgan fingerprint density at radius 2 is 1.97 bits per heavy atom. The number of rotatable bonds is 4. The van der Waals surface area contributed by atoms with E-state index in [0.717, 1.165) is 5.56 Å². The van der Waals surface area contributed by atoms with Crippen LogP contribution in [0.15, 0.2) is 48.5 Å². The molecule has 29 heavy (non-hydrogen) atoms. The minimum atomic E-state index is -0.609. The number of fused-ring (bicyclic) bond motifs is 1. The Labute approximate surface area is 168 Å². The van der Waals surface area contributed by atoms with Gasteiger partial charge in [-0.2, -0.15) is 0 Å². The van der Waals surface area contributed by atoms with Crippen LogP contribution >= 0.6 is 0 Å². The molecular weight excluding hydrogens is 373 g/mol. The van der Waals surface area contributed by atoms with Gasteiger partial charge in [0.15, 0.2) is 0 Å². The van der Waals surface area contributed by atoms with Crippen LogP contribution in [0.25, 0.3) is 0 Å². The highest BCUT2D eigenvalue weighted by molar-refractivity contribution is 5.98. The Kier molecular flexibility index (Phi) is 5.05. The van der Waals surface area contributed by atoms with Crippen molar-refractivity contribution < 1.29 is 18.8 Å². The zero-order valence-electron chi connectivity index (χ0n) is 16.0. The lowest BCUT2D eigenvalue weighted by Gasteiger charge is -2.34. The van der Waals surface area contributed by atoms with E-state index >= 15 is 0 Å². The average molecular weight is 395 g/mol. The van der Waals surface area contributed by atoms with Crippen molar-refractivity contribution in [1.82, 2.24) is 15.5 Å². The minimum absolute atomic E-state index is 0.142. The van der Waals surface area contributed by atoms with Gasteiger partial charge < -0.3 is 15.5 Å². The second-order valence-electron chi connectivity index (χ2n) is 7.63. The summed E-state index contributed by atoms with van der Waals surface area (Å²) < 4.78 is 13.7. The number of aryl methyl sites for hydroxylation is 1. The number of carbonyl (C=O) groups excluding carboxylic acids is 3. The summed E-state index contributed by atoms with van der Waals surface area (Å²) in [7, 11) is 0. The Bertz CT molecular complexity index is 963. The summed E-state index contributed by atoms with van der Waals surface area (Å²) in [4.78, 5) is 39.4. The standard InChI is InChI=1S/C22H22FN3O3/c1-13-7-8-15(10-17(13)23)20(27)24-16-11-19-21(28)25-18(22(29)26(19)12-16)9-14-5-3-2-4-6-14/h2-8,10,16,18-19H,9,11-12H2,1H3,(H,24,27)(H,25,28)/t16-,18-,19-/m0/s1. The van der Waals surface area contributed by atoms with Crippen molar-refractivity contribution in [3.63, 3.8) is 0 Å². The lowest BCUT2D eigenvalue weighted by molar-refractivity contribution is -0.147. The number of amides is 3. The Morgan fingerprint density at radius 3 is 2.69 bits per heavy atom. The van der Waals surface area contributed by atoms with Crippen molar-refractivity contribution in [1.29, 1.82) is 0 Å². The highest BCUT2D eigenvalue weighted by atomic mass is 19.1. The first-order chi connectivity index (χ1) is 13.9. The van der Waals surface area contributed by atoms with E-state index in [1.54, 1.807) is 24.0 Å². The molecule has 2 aromatic carbocycles. The molecule has 6 nitrogen and oxygen atoms in total. The average Bonchev–Trinajstić information content (AvgIpc) is 3.13. The molecule has 2 fully saturated rings. The van der Waals surface area contributed by atoms with E-state index in [-0.39, 0.29) is 30.0 Å². The smallest absolute Gasteiger partial charge is 0.251 e. The van der Waals surface area contributed by atoms with E-state index in [1.165, 1.54) is 6.07 Å². The predicted octanol–water partition coefficient (Wildman–Crippen LogP) is 1.57. The number of benzene rings is 2. The van der Waals surface area contributed by atoms with Gasteiger partial charge in [0.25, 0.3) is 5.91 Å². The molecule has 2 N–H and O–H groups in total. The van der Waals surface area contributed by atoms with E-state index in [1.807, 2.05) is 30.3 Å². The number of carbonyl (C=O) groups is 3. The second kappa shape index (κ2) is 7.66. The third-order valence-electron chi connectivity index (χ3n) is 5.55. The van der Waals surface area contributed by atoms with E-state index < -0.39 is 23.8 Å². The first-order valence-corrected chi connectivity index (χ1v) is 9.64. The number of nitrogens with zero attached hydrogens (tertiary/aromatic N) is 1. The molecule has 0 aliphatic carbocycles. The van der Waals surface area contributed by atoms with Crippen molar-refractivity contribution in [2.75, 3.05) is 6.54 Å². The van der Waals surface area contributed by atoms with Gasteiger partial charge in [-0.05, 0) is 36.6 Å². The van der Waals surface area contributed by atoms with Gasteiger partial charge in [0.1, 0.15) is 17.9 Å². The van der Waals surface area contributed by atoms with E-state index in [9.17, 15) is 18.8 Å². The van der Waals surface area contributed by atoms with Crippen molar-refractivity contribution in [3.8, 4) is 0 Å². The molecule has 2 aliphatic heterocycles. The minimum Gasteiger partial charge on any atom is -0.347 e. The Morgan fingerprint density at radius 1 is 1.21 bits per heavy atom. The predicted molar refractivity (Wildman–Crippen MR) is 105 cm³/mol. The molecule has 0 unspecified atom stereocenters. The summed E-state index contributed by atoms with van der Waals surface area (Å²) in [5, 5.41) is 5.64. The fourth-order valence-corrected chi connectivity index (χ4v) is 3.95. The lowest BCUT2D eigenvalue weighted by Crippen LogP contribution is -2.61. The van der Waals surface area contributed by atoms with Crippen LogP contribution in [-0.2, 0) is 16.0 Å². The molecule has 0 spiro atoms. The fourth-order valence-electron chi connectivity index (χ4n) is 3.95. The van der Waals surface area contributed by atoms with Gasteiger partial charge >= 0.3 is 0 Å². The molecule has 150 valence electrons. The van der Waals surface area contributed by atoms with Crippen molar-refractivity contribution in [3.05, 3.63) is 71.0 Å². The van der Waals surface area contributed by atoms with Crippen LogP contribution in [0, 0.1) is 12.7 Å². The van der Waals surface area contributed by atoms with Crippen LogP contribution in [0.5, 0.6) is 0 Å². The third-order valence-corrected chi connectivity index (χ3v) is 5.55. The molecule has 2 aliphatic rings. The lowest BCUT2D eigenvalue weighted by atomic mass is 10.0. The summed E-state index contributed by atoms with van der Waals surface area (Å²) in [6.45, 7) is 1.89. The molecule has 0 aromatic heterocycles. The van der Waals surface area contributed by atoms with Gasteiger partial charge in [0.2, 0.25) is 11.8 Å². The van der Waals surface area contributed by atoms with Gasteiger partial charge in [-0.15, -0.1) is 0 Å². The number of piperazine rings is 1. The van der Waals surface area contributed by atoms with E-state index in [0.29, 0.717) is 18.4 Å². The van der Waals surface area contributed by atoms with Crippen LogP contribution in [0.1, 0.15) is 27.9 Å². The maximum atomic E-state index is 13.7. The maximum absolute atomic E-state index is 13.7. The van der Waals surface area contributed by atoms with Crippen LogP contribution < -0.4 is 10.6 Å². The zero-order valence-corrected chi connectivity index (χ0v) is 16.0. The molecule has 3 amide bonds. The normalized spacial score (nSPS) is 23.5. The number of halogens is 1. The van der Waals surface area contributed by atoms with Gasteiger partial charge in [0.05, 0.1) is 0 Å². The number of nitrogens with one attached hydrogen (secondary N) is 2. The van der Waals surface area contributed by atoms with Crippen molar-refractivity contribution in [2.45, 2.75) is 37.9 Å². The van der Waals surface area contributed by atoms with Crippen LogP contribution in [0.4, 0.5) is 4.39 Å². The zero-order chi connectivity index (χ0) is 20.5. The van der Waals surface area contributed by atoms with Crippen molar-refractivity contribution >= 4 is 17.7 Å². The van der Waals surface area contributed by atoms with Crippen molar-refractivity contribution in [2.24, 2.45) is 0 Å². The van der Waals surface area contributed by atoms with Crippen LogP contribution in [0.2, 0.25) is 0 Å². The first kappa shape index (κ1) is 19.1. The molecule has 3 atom stereocenters. The molecule has 0 bridgehead atoms. The maximum Gasteiger partial charge on any atom is 0.251 e. The monoisotopic (exact) mass is 395 g/mol. The molecule has 4 rings (SSSR count). The number of hydrogen-bond acceptors (Lipinski definition) is 3. The van der Waals surface area contributed by atoms with Crippen LogP contribution in [-0.4, -0.2) is 47.3 Å². The third kappa shape index (κ3) is 3.85. The number of hydrogen-bond donors (Lipinski definition) is 2. The quantitative estimate of drug-likeness (QED) is 0.825.